The van der Waals surface area contributed by atoms with Crippen LogP contribution in [0.2, 0.25) is 5.02 Å². The van der Waals surface area contributed by atoms with E-state index < -0.39 is 0 Å². The lowest BCUT2D eigenvalue weighted by Crippen LogP contribution is -2.11. The standard InChI is InChI=1S/C12H15ClN6/c1-19(2)9-5-3-4-8(6-9)16-11-10(13)7-15-12(17-11)18-14/h3-7H,14H2,1-2H3,(H2,15,16,17,18). The first kappa shape index (κ1) is 13.4. The molecular formula is C12H15ClN6. The SMILES string of the molecule is CN(C)c1cccc(Nc2nc(NN)ncc2Cl)c1. The average molecular weight is 279 g/mol. The Morgan fingerprint density at radius 2 is 2.11 bits per heavy atom. The number of hydrogen-bond donors (Lipinski definition) is 3. The Bertz CT molecular complexity index is 572. The molecule has 0 spiro atoms. The molecule has 6 nitrogen and oxygen atoms in total. The van der Waals surface area contributed by atoms with Crippen molar-refractivity contribution in [3.63, 3.8) is 0 Å². The zero-order chi connectivity index (χ0) is 13.8. The van der Waals surface area contributed by atoms with Crippen LogP contribution in [0, 0.1) is 0 Å². The number of nitrogens with one attached hydrogen (secondary N) is 2. The number of nitrogens with two attached hydrogens (primary N) is 1. The van der Waals surface area contributed by atoms with Crippen molar-refractivity contribution >= 4 is 34.7 Å². The van der Waals surface area contributed by atoms with Crippen molar-refractivity contribution in [2.45, 2.75) is 0 Å². The maximum Gasteiger partial charge on any atom is 0.239 e. The Hall–Kier alpha value is -2.05. The summed E-state index contributed by atoms with van der Waals surface area (Å²) in [6.07, 6.45) is 1.49. The molecule has 0 aliphatic heterocycles. The number of halogens is 1. The first-order chi connectivity index (χ1) is 9.10. The molecule has 0 saturated carbocycles. The maximum atomic E-state index is 6.04. The van der Waals surface area contributed by atoms with Crippen molar-refractivity contribution in [2.75, 3.05) is 29.7 Å². The predicted molar refractivity (Wildman–Crippen MR) is 78.9 cm³/mol. The van der Waals surface area contributed by atoms with Crippen molar-refractivity contribution in [3.8, 4) is 0 Å². The summed E-state index contributed by atoms with van der Waals surface area (Å²) in [6, 6.07) is 7.89. The molecule has 100 valence electrons. The molecule has 2 aromatic rings. The molecule has 7 heteroatoms. The number of hydrazine groups is 1. The Kier molecular flexibility index (Phi) is 4.03. The largest absolute Gasteiger partial charge is 0.378 e. The van der Waals surface area contributed by atoms with Gasteiger partial charge in [0.2, 0.25) is 5.95 Å². The molecule has 1 aromatic heterocycles. The molecule has 0 fully saturated rings. The van der Waals surface area contributed by atoms with E-state index in [1.165, 1.54) is 6.20 Å². The Morgan fingerprint density at radius 1 is 1.32 bits per heavy atom. The molecule has 0 bridgehead atoms. The van der Waals surface area contributed by atoms with E-state index in [1.807, 2.05) is 43.3 Å². The average Bonchev–Trinajstić information content (AvgIpc) is 2.41. The van der Waals surface area contributed by atoms with E-state index in [0.717, 1.165) is 11.4 Å². The van der Waals surface area contributed by atoms with Gasteiger partial charge in [0.15, 0.2) is 5.82 Å². The van der Waals surface area contributed by atoms with Gasteiger partial charge in [0.1, 0.15) is 5.02 Å². The van der Waals surface area contributed by atoms with Gasteiger partial charge in [0, 0.05) is 25.5 Å². The van der Waals surface area contributed by atoms with Crippen LogP contribution in [0.25, 0.3) is 0 Å². The fourth-order valence-electron chi connectivity index (χ4n) is 1.52. The van der Waals surface area contributed by atoms with Crippen LogP contribution in [0.3, 0.4) is 0 Å². The highest BCUT2D eigenvalue weighted by atomic mass is 35.5. The summed E-state index contributed by atoms with van der Waals surface area (Å²) in [5.41, 5.74) is 4.34. The quantitative estimate of drug-likeness (QED) is 0.588. The van der Waals surface area contributed by atoms with Crippen LogP contribution in [0.1, 0.15) is 0 Å². The molecule has 1 aromatic carbocycles. The van der Waals surface area contributed by atoms with E-state index in [0.29, 0.717) is 16.8 Å². The normalized spacial score (nSPS) is 10.1. The topological polar surface area (TPSA) is 79.1 Å². The van der Waals surface area contributed by atoms with Gasteiger partial charge in [-0.25, -0.2) is 10.8 Å². The van der Waals surface area contributed by atoms with Crippen LogP contribution in [0.5, 0.6) is 0 Å². The third kappa shape index (κ3) is 3.24. The molecule has 0 aliphatic carbocycles. The van der Waals surface area contributed by atoms with Crippen LogP contribution >= 0.6 is 11.6 Å². The van der Waals surface area contributed by atoms with Crippen molar-refractivity contribution in [1.82, 2.24) is 9.97 Å². The molecule has 0 unspecified atom stereocenters. The van der Waals surface area contributed by atoms with Crippen molar-refractivity contribution in [2.24, 2.45) is 5.84 Å². The molecule has 1 heterocycles. The number of rotatable bonds is 4. The Morgan fingerprint density at radius 3 is 2.79 bits per heavy atom. The number of anilines is 4. The first-order valence-electron chi connectivity index (χ1n) is 5.63. The fraction of sp³-hybridized carbons (Fsp3) is 0.167. The van der Waals surface area contributed by atoms with Gasteiger partial charge >= 0.3 is 0 Å². The third-order valence-electron chi connectivity index (χ3n) is 2.50. The van der Waals surface area contributed by atoms with E-state index in [1.54, 1.807) is 0 Å². The van der Waals surface area contributed by atoms with E-state index >= 15 is 0 Å². The van der Waals surface area contributed by atoms with E-state index in [-0.39, 0.29) is 0 Å². The van der Waals surface area contributed by atoms with Crippen molar-refractivity contribution in [3.05, 3.63) is 35.5 Å². The minimum absolute atomic E-state index is 0.302. The summed E-state index contributed by atoms with van der Waals surface area (Å²) in [7, 11) is 3.96. The lowest BCUT2D eigenvalue weighted by Gasteiger charge is -2.14. The summed E-state index contributed by atoms with van der Waals surface area (Å²) in [6.45, 7) is 0. The molecule has 0 atom stereocenters. The number of aromatic nitrogens is 2. The maximum absolute atomic E-state index is 6.04. The Labute approximate surface area is 116 Å². The van der Waals surface area contributed by atoms with Crippen LogP contribution in [-0.4, -0.2) is 24.1 Å². The second-order valence-corrected chi connectivity index (χ2v) is 4.51. The zero-order valence-electron chi connectivity index (χ0n) is 10.7. The third-order valence-corrected chi connectivity index (χ3v) is 2.78. The minimum Gasteiger partial charge on any atom is -0.378 e. The monoisotopic (exact) mass is 278 g/mol. The second-order valence-electron chi connectivity index (χ2n) is 4.10. The molecule has 19 heavy (non-hydrogen) atoms. The van der Waals surface area contributed by atoms with Gasteiger partial charge in [-0.05, 0) is 18.2 Å². The first-order valence-corrected chi connectivity index (χ1v) is 6.01. The fourth-order valence-corrected chi connectivity index (χ4v) is 1.66. The molecule has 2 rings (SSSR count). The molecule has 0 aliphatic rings. The van der Waals surface area contributed by atoms with E-state index in [9.17, 15) is 0 Å². The smallest absolute Gasteiger partial charge is 0.239 e. The summed E-state index contributed by atoms with van der Waals surface area (Å²) in [5.74, 6) is 6.08. The van der Waals surface area contributed by atoms with Crippen molar-refractivity contribution in [1.29, 1.82) is 0 Å². The summed E-state index contributed by atoms with van der Waals surface area (Å²) < 4.78 is 0. The molecular weight excluding hydrogens is 264 g/mol. The van der Waals surface area contributed by atoms with Gasteiger partial charge < -0.3 is 10.2 Å². The number of nitrogen functional groups attached to an aromatic ring is 1. The summed E-state index contributed by atoms with van der Waals surface area (Å²) >= 11 is 6.04. The Balaban J connectivity index is 2.28. The van der Waals surface area contributed by atoms with Crippen molar-refractivity contribution < 1.29 is 0 Å². The van der Waals surface area contributed by atoms with E-state index in [4.69, 9.17) is 17.4 Å². The van der Waals surface area contributed by atoms with Gasteiger partial charge in [-0.1, -0.05) is 17.7 Å². The molecule has 0 amide bonds. The second kappa shape index (κ2) is 5.73. The number of nitrogens with zero attached hydrogens (tertiary/aromatic N) is 3. The molecule has 4 N–H and O–H groups in total. The molecule has 0 saturated heterocycles. The highest BCUT2D eigenvalue weighted by Crippen LogP contribution is 2.25. The van der Waals surface area contributed by atoms with Crippen LogP contribution < -0.4 is 21.5 Å². The van der Waals surface area contributed by atoms with Crippen LogP contribution in [0.15, 0.2) is 30.5 Å². The predicted octanol–water partition coefficient (Wildman–Crippen LogP) is 2.23. The minimum atomic E-state index is 0.302. The zero-order valence-corrected chi connectivity index (χ0v) is 11.4. The number of benzene rings is 1. The van der Waals surface area contributed by atoms with Gasteiger partial charge in [0.25, 0.3) is 0 Å². The van der Waals surface area contributed by atoms with Crippen LogP contribution in [0.4, 0.5) is 23.1 Å². The molecule has 0 radical (unpaired) electrons. The highest BCUT2D eigenvalue weighted by Gasteiger charge is 2.06. The number of hydrogen-bond acceptors (Lipinski definition) is 6. The van der Waals surface area contributed by atoms with Gasteiger partial charge in [-0.3, -0.25) is 5.43 Å². The van der Waals surface area contributed by atoms with E-state index in [2.05, 4.69) is 20.7 Å². The summed E-state index contributed by atoms with van der Waals surface area (Å²) in [4.78, 5) is 10.1. The van der Waals surface area contributed by atoms with Crippen LogP contribution in [-0.2, 0) is 0 Å². The van der Waals surface area contributed by atoms with Gasteiger partial charge in [-0.2, -0.15) is 4.98 Å². The summed E-state index contributed by atoms with van der Waals surface area (Å²) in [5, 5.41) is 3.56. The highest BCUT2D eigenvalue weighted by molar-refractivity contribution is 6.32. The lowest BCUT2D eigenvalue weighted by atomic mass is 10.2. The van der Waals surface area contributed by atoms with Gasteiger partial charge in [0.05, 0.1) is 6.20 Å². The van der Waals surface area contributed by atoms with Gasteiger partial charge in [-0.15, -0.1) is 0 Å². The lowest BCUT2D eigenvalue weighted by molar-refractivity contribution is 1.11.